The van der Waals surface area contributed by atoms with E-state index in [-0.39, 0.29) is 12.4 Å². The fourth-order valence-electron chi connectivity index (χ4n) is 2.37. The summed E-state index contributed by atoms with van der Waals surface area (Å²) in [5.41, 5.74) is 2.90. The number of nitrogens with zero attached hydrogens (tertiary/aromatic N) is 2. The normalized spacial score (nSPS) is 10.6. The van der Waals surface area contributed by atoms with Gasteiger partial charge in [-0.05, 0) is 49.0 Å². The van der Waals surface area contributed by atoms with Crippen LogP contribution in [0.3, 0.4) is 0 Å². The molecule has 2 aromatic carbocycles. The van der Waals surface area contributed by atoms with Gasteiger partial charge < -0.3 is 10.6 Å². The molecule has 3 aromatic rings. The smallest absolute Gasteiger partial charge is 0.175 e. The van der Waals surface area contributed by atoms with Crippen LogP contribution in [0.1, 0.15) is 11.1 Å². The van der Waals surface area contributed by atoms with E-state index in [1.165, 1.54) is 6.07 Å². The number of thiocarbonyl (C=S) groups is 1. The molecule has 0 bridgehead atoms. The predicted molar refractivity (Wildman–Crippen MR) is 109 cm³/mol. The van der Waals surface area contributed by atoms with E-state index in [2.05, 4.69) is 15.7 Å². The lowest BCUT2D eigenvalue weighted by atomic mass is 10.2. The fraction of sp³-hybridized carbons (Fsp3) is 0.111. The van der Waals surface area contributed by atoms with Crippen molar-refractivity contribution in [2.45, 2.75) is 13.5 Å². The van der Waals surface area contributed by atoms with Crippen molar-refractivity contribution >= 4 is 51.9 Å². The van der Waals surface area contributed by atoms with Gasteiger partial charge in [0.1, 0.15) is 5.82 Å². The summed E-state index contributed by atoms with van der Waals surface area (Å²) in [6, 6.07) is 10.1. The third-order valence-electron chi connectivity index (χ3n) is 3.72. The van der Waals surface area contributed by atoms with Gasteiger partial charge in [-0.1, -0.05) is 35.3 Å². The fourth-order valence-corrected chi connectivity index (χ4v) is 3.00. The summed E-state index contributed by atoms with van der Waals surface area (Å²) in [5.74, 6) is -0.365. The maximum Gasteiger partial charge on any atom is 0.175 e. The SMILES string of the molecule is Cc1ccc(Cl)cc1NC(=S)Nc1cnn(Cc2c(F)cccc2Cl)c1. The number of hydrogen-bond acceptors (Lipinski definition) is 2. The van der Waals surface area contributed by atoms with Gasteiger partial charge in [-0.15, -0.1) is 0 Å². The Bertz CT molecular complexity index is 938. The molecule has 134 valence electrons. The van der Waals surface area contributed by atoms with Gasteiger partial charge in [0.25, 0.3) is 0 Å². The van der Waals surface area contributed by atoms with E-state index in [0.717, 1.165) is 11.3 Å². The quantitative estimate of drug-likeness (QED) is 0.559. The zero-order valence-corrected chi connectivity index (χ0v) is 16.1. The maximum atomic E-state index is 13.9. The number of rotatable bonds is 4. The van der Waals surface area contributed by atoms with Gasteiger partial charge in [-0.25, -0.2) is 4.39 Å². The van der Waals surface area contributed by atoms with E-state index in [9.17, 15) is 4.39 Å². The van der Waals surface area contributed by atoms with Crippen molar-refractivity contribution in [3.63, 3.8) is 0 Å². The van der Waals surface area contributed by atoms with Gasteiger partial charge in [0.05, 0.1) is 18.4 Å². The number of halogens is 3. The molecular weight excluding hydrogens is 394 g/mol. The molecule has 0 aliphatic rings. The lowest BCUT2D eigenvalue weighted by molar-refractivity contribution is 0.585. The first-order chi connectivity index (χ1) is 12.4. The molecule has 0 aliphatic heterocycles. The first-order valence-corrected chi connectivity index (χ1v) is 8.88. The first-order valence-electron chi connectivity index (χ1n) is 7.72. The van der Waals surface area contributed by atoms with Gasteiger partial charge in [0.2, 0.25) is 0 Å². The number of hydrogen-bond donors (Lipinski definition) is 2. The Kier molecular flexibility index (Phi) is 5.76. The zero-order valence-electron chi connectivity index (χ0n) is 13.8. The minimum atomic E-state index is -0.365. The molecule has 0 amide bonds. The zero-order chi connectivity index (χ0) is 18.7. The summed E-state index contributed by atoms with van der Waals surface area (Å²) in [5, 5.41) is 11.7. The van der Waals surface area contributed by atoms with Gasteiger partial charge in [0, 0.05) is 27.5 Å². The monoisotopic (exact) mass is 408 g/mol. The second kappa shape index (κ2) is 8.03. The van der Waals surface area contributed by atoms with Crippen LogP contribution in [0.5, 0.6) is 0 Å². The van der Waals surface area contributed by atoms with E-state index in [4.69, 9.17) is 35.4 Å². The molecule has 0 aliphatic carbocycles. The maximum absolute atomic E-state index is 13.9. The van der Waals surface area contributed by atoms with Crippen LogP contribution in [0.2, 0.25) is 10.0 Å². The van der Waals surface area contributed by atoms with Crippen LogP contribution in [-0.2, 0) is 6.54 Å². The Labute approximate surface area is 165 Å². The van der Waals surface area contributed by atoms with Crippen molar-refractivity contribution in [1.82, 2.24) is 9.78 Å². The van der Waals surface area contributed by atoms with Crippen molar-refractivity contribution in [1.29, 1.82) is 0 Å². The van der Waals surface area contributed by atoms with Crippen molar-refractivity contribution in [2.75, 3.05) is 10.6 Å². The van der Waals surface area contributed by atoms with E-state index < -0.39 is 0 Å². The molecule has 0 saturated carbocycles. The number of aromatic nitrogens is 2. The van der Waals surface area contributed by atoms with Crippen molar-refractivity contribution in [3.05, 3.63) is 75.8 Å². The molecule has 8 heteroatoms. The van der Waals surface area contributed by atoms with Gasteiger partial charge in [-0.2, -0.15) is 5.10 Å². The van der Waals surface area contributed by atoms with E-state index in [1.807, 2.05) is 19.1 Å². The molecule has 0 spiro atoms. The average molecular weight is 409 g/mol. The largest absolute Gasteiger partial charge is 0.332 e. The molecule has 0 atom stereocenters. The standard InChI is InChI=1S/C18H15Cl2FN4S/c1-11-5-6-12(19)7-17(11)24-18(26)23-13-8-22-25(9-13)10-14-15(20)3-2-4-16(14)21/h2-9H,10H2,1H3,(H2,23,24,26). The molecule has 3 rings (SSSR count). The molecule has 0 saturated heterocycles. The van der Waals surface area contributed by atoms with Gasteiger partial charge >= 0.3 is 0 Å². The Balaban J connectivity index is 1.66. The molecule has 0 radical (unpaired) electrons. The molecule has 1 heterocycles. The van der Waals surface area contributed by atoms with Crippen LogP contribution in [-0.4, -0.2) is 14.9 Å². The van der Waals surface area contributed by atoms with Crippen LogP contribution in [0.25, 0.3) is 0 Å². The van der Waals surface area contributed by atoms with E-state index in [1.54, 1.807) is 35.3 Å². The topological polar surface area (TPSA) is 41.9 Å². The highest BCUT2D eigenvalue weighted by Crippen LogP contribution is 2.22. The molecule has 4 nitrogen and oxygen atoms in total. The Hall–Kier alpha value is -2.15. The van der Waals surface area contributed by atoms with E-state index in [0.29, 0.717) is 26.4 Å². The van der Waals surface area contributed by atoms with Crippen molar-refractivity contribution in [3.8, 4) is 0 Å². The van der Waals surface area contributed by atoms with Crippen molar-refractivity contribution < 1.29 is 4.39 Å². The van der Waals surface area contributed by atoms with Gasteiger partial charge in [0.15, 0.2) is 5.11 Å². The van der Waals surface area contributed by atoms with Crippen LogP contribution in [0.4, 0.5) is 15.8 Å². The lowest BCUT2D eigenvalue weighted by Gasteiger charge is -2.11. The van der Waals surface area contributed by atoms with E-state index >= 15 is 0 Å². The Morgan fingerprint density at radius 2 is 2.04 bits per heavy atom. The molecule has 2 N–H and O–H groups in total. The molecule has 1 aromatic heterocycles. The highest BCUT2D eigenvalue weighted by atomic mass is 35.5. The summed E-state index contributed by atoms with van der Waals surface area (Å²) in [6.07, 6.45) is 3.33. The third kappa shape index (κ3) is 4.52. The minimum absolute atomic E-state index is 0.223. The second-order valence-corrected chi connectivity index (χ2v) is 6.92. The first kappa shape index (κ1) is 18.6. The van der Waals surface area contributed by atoms with Crippen LogP contribution in [0.15, 0.2) is 48.8 Å². The summed E-state index contributed by atoms with van der Waals surface area (Å²) in [4.78, 5) is 0. The predicted octanol–water partition coefficient (Wildman–Crippen LogP) is 5.49. The highest BCUT2D eigenvalue weighted by Gasteiger charge is 2.09. The van der Waals surface area contributed by atoms with Gasteiger partial charge in [-0.3, -0.25) is 4.68 Å². The number of benzene rings is 2. The second-order valence-electron chi connectivity index (χ2n) is 5.67. The summed E-state index contributed by atoms with van der Waals surface area (Å²) >= 11 is 17.4. The molecule has 0 unspecified atom stereocenters. The Morgan fingerprint density at radius 3 is 2.81 bits per heavy atom. The number of aryl methyl sites for hydroxylation is 1. The van der Waals surface area contributed by atoms with Crippen LogP contribution >= 0.6 is 35.4 Å². The lowest BCUT2D eigenvalue weighted by Crippen LogP contribution is -2.19. The molecular formula is C18H15Cl2FN4S. The third-order valence-corrected chi connectivity index (χ3v) is 4.51. The summed E-state index contributed by atoms with van der Waals surface area (Å²) < 4.78 is 15.5. The average Bonchev–Trinajstić information content (AvgIpc) is 3.01. The highest BCUT2D eigenvalue weighted by molar-refractivity contribution is 7.80. The minimum Gasteiger partial charge on any atom is -0.332 e. The van der Waals surface area contributed by atoms with Crippen LogP contribution < -0.4 is 10.6 Å². The molecule has 0 fully saturated rings. The Morgan fingerprint density at radius 1 is 1.23 bits per heavy atom. The molecule has 26 heavy (non-hydrogen) atoms. The van der Waals surface area contributed by atoms with Crippen LogP contribution in [0, 0.1) is 12.7 Å². The number of anilines is 2. The van der Waals surface area contributed by atoms with Crippen molar-refractivity contribution in [2.24, 2.45) is 0 Å². The summed E-state index contributed by atoms with van der Waals surface area (Å²) in [6.45, 7) is 2.18. The summed E-state index contributed by atoms with van der Waals surface area (Å²) in [7, 11) is 0. The number of nitrogens with one attached hydrogen (secondary N) is 2.